The van der Waals surface area contributed by atoms with Crippen molar-refractivity contribution in [2.24, 2.45) is 0 Å². The minimum atomic E-state index is -0.327. The van der Waals surface area contributed by atoms with Gasteiger partial charge in [-0.2, -0.15) is 4.80 Å². The summed E-state index contributed by atoms with van der Waals surface area (Å²) in [6.45, 7) is 1.61. The molecule has 2 aromatic rings. The van der Waals surface area contributed by atoms with Crippen molar-refractivity contribution >= 4 is 23.2 Å². The van der Waals surface area contributed by atoms with E-state index < -0.39 is 0 Å². The molecule has 0 aliphatic rings. The minimum absolute atomic E-state index is 0.153. The highest BCUT2D eigenvalue weighted by molar-refractivity contribution is 7.13. The van der Waals surface area contributed by atoms with Gasteiger partial charge < -0.3 is 0 Å². The lowest BCUT2D eigenvalue weighted by molar-refractivity contribution is -0.128. The highest BCUT2D eigenvalue weighted by atomic mass is 32.1. The number of hydrazine groups is 1. The molecule has 2 N–H and O–H groups in total. The Labute approximate surface area is 112 Å². The van der Waals surface area contributed by atoms with Crippen molar-refractivity contribution in [1.82, 2.24) is 31.1 Å². The standard InChI is InChI=1S/C10H12N6O2S/c1-7(17)11-12-9(18)4-5-16-14-10(13-15-16)8-3-2-6-19-8/h2-3,6H,4-5H2,1H3,(H,11,17)(H,12,18). The van der Waals surface area contributed by atoms with Gasteiger partial charge in [-0.15, -0.1) is 21.5 Å². The van der Waals surface area contributed by atoms with Crippen molar-refractivity contribution in [2.45, 2.75) is 19.9 Å². The van der Waals surface area contributed by atoms with Gasteiger partial charge in [0, 0.05) is 13.3 Å². The fourth-order valence-corrected chi connectivity index (χ4v) is 1.91. The maximum absolute atomic E-state index is 11.3. The van der Waals surface area contributed by atoms with Crippen molar-refractivity contribution in [1.29, 1.82) is 0 Å². The number of aromatic nitrogens is 4. The van der Waals surface area contributed by atoms with Gasteiger partial charge in [-0.1, -0.05) is 6.07 Å². The fraction of sp³-hybridized carbons (Fsp3) is 0.300. The van der Waals surface area contributed by atoms with E-state index in [0.29, 0.717) is 12.4 Å². The normalized spacial score (nSPS) is 10.2. The first-order valence-corrected chi connectivity index (χ1v) is 6.40. The molecule has 0 aromatic carbocycles. The molecular weight excluding hydrogens is 268 g/mol. The zero-order valence-corrected chi connectivity index (χ0v) is 11.0. The zero-order chi connectivity index (χ0) is 13.7. The highest BCUT2D eigenvalue weighted by Gasteiger charge is 2.08. The summed E-state index contributed by atoms with van der Waals surface area (Å²) in [4.78, 5) is 24.2. The van der Waals surface area contributed by atoms with Crippen LogP contribution in [-0.2, 0) is 16.1 Å². The molecule has 0 radical (unpaired) electrons. The number of hydrogen-bond acceptors (Lipinski definition) is 6. The first-order chi connectivity index (χ1) is 9.15. The molecule has 9 heteroatoms. The average Bonchev–Trinajstić information content (AvgIpc) is 3.03. The Bertz CT molecular complexity index is 564. The number of nitrogens with one attached hydrogen (secondary N) is 2. The van der Waals surface area contributed by atoms with Gasteiger partial charge in [0.05, 0.1) is 11.4 Å². The van der Waals surface area contributed by atoms with E-state index >= 15 is 0 Å². The topological polar surface area (TPSA) is 102 Å². The fourth-order valence-electron chi connectivity index (χ4n) is 1.26. The second-order valence-corrected chi connectivity index (χ2v) is 4.61. The summed E-state index contributed by atoms with van der Waals surface area (Å²) in [5.74, 6) is -0.102. The summed E-state index contributed by atoms with van der Waals surface area (Å²) in [6, 6.07) is 3.80. The molecule has 0 aliphatic carbocycles. The van der Waals surface area contributed by atoms with Crippen LogP contribution in [0.4, 0.5) is 0 Å². The van der Waals surface area contributed by atoms with Crippen LogP contribution in [0.3, 0.4) is 0 Å². The molecule has 0 atom stereocenters. The molecular formula is C10H12N6O2S. The Hall–Kier alpha value is -2.29. The summed E-state index contributed by atoms with van der Waals surface area (Å²) in [7, 11) is 0. The molecule has 0 saturated carbocycles. The Balaban J connectivity index is 1.84. The number of carbonyl (C=O) groups is 2. The van der Waals surface area contributed by atoms with Crippen LogP contribution in [0, 0.1) is 0 Å². The molecule has 0 bridgehead atoms. The van der Waals surface area contributed by atoms with Gasteiger partial charge in [0.2, 0.25) is 17.6 Å². The predicted molar refractivity (Wildman–Crippen MR) is 67.7 cm³/mol. The first kappa shape index (κ1) is 13.1. The van der Waals surface area contributed by atoms with Crippen LogP contribution in [0.1, 0.15) is 13.3 Å². The molecule has 0 spiro atoms. The van der Waals surface area contributed by atoms with Crippen LogP contribution in [-0.4, -0.2) is 32.0 Å². The lowest BCUT2D eigenvalue weighted by Crippen LogP contribution is -2.40. The number of nitrogens with zero attached hydrogens (tertiary/aromatic N) is 4. The Kier molecular flexibility index (Phi) is 4.18. The van der Waals surface area contributed by atoms with E-state index in [1.54, 1.807) is 0 Å². The summed E-state index contributed by atoms with van der Waals surface area (Å²) in [5, 5.41) is 13.8. The molecule has 0 unspecified atom stereocenters. The Morgan fingerprint density at radius 1 is 1.42 bits per heavy atom. The highest BCUT2D eigenvalue weighted by Crippen LogP contribution is 2.19. The zero-order valence-electron chi connectivity index (χ0n) is 10.2. The third-order valence-corrected chi connectivity index (χ3v) is 2.98. The van der Waals surface area contributed by atoms with Crippen LogP contribution < -0.4 is 10.9 Å². The number of amides is 2. The molecule has 2 rings (SSSR count). The largest absolute Gasteiger partial charge is 0.274 e. The second kappa shape index (κ2) is 6.05. The van der Waals surface area contributed by atoms with Gasteiger partial charge in [0.1, 0.15) is 0 Å². The second-order valence-electron chi connectivity index (χ2n) is 3.67. The summed E-state index contributed by atoms with van der Waals surface area (Å²) in [5.41, 5.74) is 4.47. The van der Waals surface area contributed by atoms with E-state index in [1.807, 2.05) is 17.5 Å². The number of carbonyl (C=O) groups excluding carboxylic acids is 2. The number of rotatable bonds is 4. The molecule has 0 aliphatic heterocycles. The number of hydrogen-bond donors (Lipinski definition) is 2. The predicted octanol–water partition coefficient (Wildman–Crippen LogP) is -0.0410. The van der Waals surface area contributed by atoms with Gasteiger partial charge in [-0.3, -0.25) is 20.4 Å². The summed E-state index contributed by atoms with van der Waals surface area (Å²) < 4.78 is 0. The van der Waals surface area contributed by atoms with E-state index in [2.05, 4.69) is 26.3 Å². The van der Waals surface area contributed by atoms with Gasteiger partial charge in [-0.25, -0.2) is 0 Å². The molecule has 0 saturated heterocycles. The SMILES string of the molecule is CC(=O)NNC(=O)CCn1nnc(-c2cccs2)n1. The van der Waals surface area contributed by atoms with Crippen LogP contribution in [0.5, 0.6) is 0 Å². The summed E-state index contributed by atoms with van der Waals surface area (Å²) >= 11 is 1.52. The lowest BCUT2D eigenvalue weighted by atomic mass is 10.4. The Morgan fingerprint density at radius 2 is 2.26 bits per heavy atom. The molecule has 100 valence electrons. The quantitative estimate of drug-likeness (QED) is 0.765. The van der Waals surface area contributed by atoms with Crippen molar-refractivity contribution < 1.29 is 9.59 Å². The van der Waals surface area contributed by atoms with Crippen LogP contribution in [0.25, 0.3) is 10.7 Å². The van der Waals surface area contributed by atoms with E-state index in [4.69, 9.17) is 0 Å². The molecule has 2 aromatic heterocycles. The van der Waals surface area contributed by atoms with Gasteiger partial charge in [-0.05, 0) is 16.7 Å². The van der Waals surface area contributed by atoms with Crippen molar-refractivity contribution in [3.63, 3.8) is 0 Å². The monoisotopic (exact) mass is 280 g/mol. The molecule has 19 heavy (non-hydrogen) atoms. The van der Waals surface area contributed by atoms with Gasteiger partial charge in [0.25, 0.3) is 0 Å². The first-order valence-electron chi connectivity index (χ1n) is 5.52. The van der Waals surface area contributed by atoms with E-state index in [-0.39, 0.29) is 18.2 Å². The van der Waals surface area contributed by atoms with Crippen molar-refractivity contribution in [2.75, 3.05) is 0 Å². The maximum atomic E-state index is 11.3. The van der Waals surface area contributed by atoms with Gasteiger partial charge >= 0.3 is 0 Å². The maximum Gasteiger partial charge on any atom is 0.240 e. The van der Waals surface area contributed by atoms with Gasteiger partial charge in [0.15, 0.2) is 0 Å². The molecule has 2 amide bonds. The van der Waals surface area contributed by atoms with Crippen LogP contribution in [0.2, 0.25) is 0 Å². The van der Waals surface area contributed by atoms with E-state index in [9.17, 15) is 9.59 Å². The van der Waals surface area contributed by atoms with Crippen molar-refractivity contribution in [3.05, 3.63) is 17.5 Å². The number of tetrazole rings is 1. The number of aryl methyl sites for hydroxylation is 1. The third kappa shape index (κ3) is 3.85. The van der Waals surface area contributed by atoms with Crippen molar-refractivity contribution in [3.8, 4) is 10.7 Å². The van der Waals surface area contributed by atoms with E-state index in [0.717, 1.165) is 4.88 Å². The molecule has 2 heterocycles. The molecule has 0 fully saturated rings. The third-order valence-electron chi connectivity index (χ3n) is 2.11. The lowest BCUT2D eigenvalue weighted by Gasteiger charge is -2.03. The Morgan fingerprint density at radius 3 is 2.95 bits per heavy atom. The minimum Gasteiger partial charge on any atom is -0.274 e. The summed E-state index contributed by atoms with van der Waals surface area (Å²) in [6.07, 6.45) is 0.153. The smallest absolute Gasteiger partial charge is 0.240 e. The average molecular weight is 280 g/mol. The number of thiophene rings is 1. The molecule has 8 nitrogen and oxygen atoms in total. The van der Waals surface area contributed by atoms with Crippen LogP contribution >= 0.6 is 11.3 Å². The van der Waals surface area contributed by atoms with Crippen LogP contribution in [0.15, 0.2) is 17.5 Å². The van der Waals surface area contributed by atoms with E-state index in [1.165, 1.54) is 23.1 Å².